The van der Waals surface area contributed by atoms with Crippen molar-refractivity contribution in [3.63, 3.8) is 0 Å². The topological polar surface area (TPSA) is 133 Å². The summed E-state index contributed by atoms with van der Waals surface area (Å²) in [6.45, 7) is -4.76. The number of hydrogen-bond acceptors (Lipinski definition) is 9. The monoisotopic (exact) mass is 536 g/mol. The van der Waals surface area contributed by atoms with Crippen LogP contribution in [-0.2, 0) is 14.8 Å². The highest BCUT2D eigenvalue weighted by Gasteiger charge is 2.30. The van der Waals surface area contributed by atoms with Crippen molar-refractivity contribution in [2.24, 2.45) is 5.10 Å². The first-order valence-corrected chi connectivity index (χ1v) is 11.6. The maximum Gasteiger partial charge on any atom is 0.387 e. The van der Waals surface area contributed by atoms with E-state index in [1.54, 1.807) is 0 Å². The van der Waals surface area contributed by atoms with E-state index < -0.39 is 50.3 Å². The van der Waals surface area contributed by atoms with Gasteiger partial charge in [0.1, 0.15) is 16.4 Å². The van der Waals surface area contributed by atoms with Gasteiger partial charge in [0.25, 0.3) is 5.69 Å². The summed E-state index contributed by atoms with van der Waals surface area (Å²) in [5.41, 5.74) is 1.85. The number of nitro benzene ring substituents is 1. The van der Waals surface area contributed by atoms with Crippen LogP contribution < -0.4 is 14.9 Å². The molecule has 16 heteroatoms. The minimum absolute atomic E-state index is 0.00215. The molecule has 1 aliphatic heterocycles. The molecule has 196 valence electrons. The third kappa shape index (κ3) is 6.58. The smallest absolute Gasteiger partial charge is 0.387 e. The number of nitro groups is 1. The summed E-state index contributed by atoms with van der Waals surface area (Å²) in [7, 11) is -4.20. The molecule has 1 saturated heterocycles. The molecule has 0 saturated carbocycles. The molecular formula is C20H20F4N4O7S. The second kappa shape index (κ2) is 11.5. The average molecular weight is 536 g/mol. The lowest BCUT2D eigenvalue weighted by Crippen LogP contribution is -2.40. The standard InChI is InChI=1S/C20H20F4N4O7S/c1-12(15-4-3-14(34-19(21)22)11-17(15)35-20(23)24)25-26-16-5-2-13(28(29)30)10-18(16)36(31,32)27-6-8-33-9-7-27/h2-5,10-11,19-20,26H,6-9H2,1H3/b25-12+. The molecule has 3 rings (SSSR count). The molecule has 0 aliphatic carbocycles. The van der Waals surface area contributed by atoms with Gasteiger partial charge in [0, 0.05) is 36.9 Å². The van der Waals surface area contributed by atoms with Crippen LogP contribution in [0.1, 0.15) is 12.5 Å². The van der Waals surface area contributed by atoms with Gasteiger partial charge in [-0.2, -0.15) is 27.0 Å². The van der Waals surface area contributed by atoms with Crippen LogP contribution in [0, 0.1) is 10.1 Å². The van der Waals surface area contributed by atoms with Crippen LogP contribution >= 0.6 is 0 Å². The first-order chi connectivity index (χ1) is 17.0. The van der Waals surface area contributed by atoms with E-state index in [1.165, 1.54) is 6.92 Å². The van der Waals surface area contributed by atoms with Crippen LogP contribution in [0.5, 0.6) is 11.5 Å². The van der Waals surface area contributed by atoms with Gasteiger partial charge in [0.15, 0.2) is 0 Å². The highest BCUT2D eigenvalue weighted by atomic mass is 32.2. The maximum absolute atomic E-state index is 13.2. The molecule has 0 spiro atoms. The molecule has 11 nitrogen and oxygen atoms in total. The highest BCUT2D eigenvalue weighted by Crippen LogP contribution is 2.31. The van der Waals surface area contributed by atoms with E-state index in [9.17, 15) is 36.1 Å². The molecule has 2 aromatic carbocycles. The van der Waals surface area contributed by atoms with Gasteiger partial charge in [-0.25, -0.2) is 8.42 Å². The van der Waals surface area contributed by atoms with Crippen molar-refractivity contribution >= 4 is 27.1 Å². The molecule has 0 atom stereocenters. The summed E-state index contributed by atoms with van der Waals surface area (Å²) >= 11 is 0. The number of hydrogen-bond donors (Lipinski definition) is 1. The Morgan fingerprint density at radius 2 is 1.78 bits per heavy atom. The number of alkyl halides is 4. The Hall–Kier alpha value is -3.50. The molecule has 1 aliphatic rings. The van der Waals surface area contributed by atoms with E-state index >= 15 is 0 Å². The van der Waals surface area contributed by atoms with Crippen molar-refractivity contribution in [2.45, 2.75) is 25.0 Å². The third-order valence-corrected chi connectivity index (χ3v) is 6.83. The molecule has 0 aromatic heterocycles. The van der Waals surface area contributed by atoms with Gasteiger partial charge in [-0.3, -0.25) is 15.5 Å². The van der Waals surface area contributed by atoms with Gasteiger partial charge in [-0.05, 0) is 25.1 Å². The maximum atomic E-state index is 13.2. The second-order valence-corrected chi connectivity index (χ2v) is 9.08. The minimum atomic E-state index is -4.20. The predicted molar refractivity (Wildman–Crippen MR) is 118 cm³/mol. The SMILES string of the molecule is C/C(=N\Nc1ccc([N+](=O)[O-])cc1S(=O)(=O)N1CCOCC1)c1ccc(OC(F)F)cc1OC(F)F. The van der Waals surface area contributed by atoms with Crippen LogP contribution in [-0.4, -0.2) is 62.9 Å². The number of anilines is 1. The summed E-state index contributed by atoms with van der Waals surface area (Å²) in [4.78, 5) is 10.0. The number of rotatable bonds is 10. The zero-order valence-corrected chi connectivity index (χ0v) is 19.4. The quantitative estimate of drug-likeness (QED) is 0.211. The van der Waals surface area contributed by atoms with Crippen molar-refractivity contribution in [1.29, 1.82) is 0 Å². The van der Waals surface area contributed by atoms with Crippen LogP contribution in [0.4, 0.5) is 28.9 Å². The Morgan fingerprint density at radius 3 is 2.39 bits per heavy atom. The summed E-state index contributed by atoms with van der Waals surface area (Å²) in [6, 6.07) is 6.13. The number of non-ortho nitro benzene ring substituents is 1. The number of ether oxygens (including phenoxy) is 3. The molecule has 1 fully saturated rings. The van der Waals surface area contributed by atoms with Crippen LogP contribution in [0.15, 0.2) is 46.4 Å². The molecule has 1 N–H and O–H groups in total. The minimum Gasteiger partial charge on any atom is -0.435 e. The Kier molecular flexibility index (Phi) is 8.65. The van der Waals surface area contributed by atoms with Crippen molar-refractivity contribution < 1.29 is 45.1 Å². The lowest BCUT2D eigenvalue weighted by Gasteiger charge is -2.26. The number of hydrazone groups is 1. The molecule has 1 heterocycles. The Labute approximate surface area is 202 Å². The normalized spacial score (nSPS) is 15.2. The van der Waals surface area contributed by atoms with Gasteiger partial charge < -0.3 is 14.2 Å². The van der Waals surface area contributed by atoms with Crippen molar-refractivity contribution in [3.05, 3.63) is 52.1 Å². The average Bonchev–Trinajstić information content (AvgIpc) is 2.82. The van der Waals surface area contributed by atoms with E-state index in [4.69, 9.17) is 4.74 Å². The van der Waals surface area contributed by atoms with E-state index in [0.29, 0.717) is 0 Å². The lowest BCUT2D eigenvalue weighted by molar-refractivity contribution is -0.385. The van der Waals surface area contributed by atoms with E-state index in [-0.39, 0.29) is 43.3 Å². The van der Waals surface area contributed by atoms with Crippen LogP contribution in [0.2, 0.25) is 0 Å². The number of sulfonamides is 1. The molecule has 2 aromatic rings. The molecule has 0 radical (unpaired) electrons. The van der Waals surface area contributed by atoms with Gasteiger partial charge >= 0.3 is 13.2 Å². The molecule has 36 heavy (non-hydrogen) atoms. The summed E-state index contributed by atoms with van der Waals surface area (Å²) in [6.07, 6.45) is 0. The van der Waals surface area contributed by atoms with Gasteiger partial charge in [0.2, 0.25) is 10.0 Å². The zero-order chi connectivity index (χ0) is 26.5. The number of morpholine rings is 1. The van der Waals surface area contributed by atoms with Crippen molar-refractivity contribution in [1.82, 2.24) is 4.31 Å². The Balaban J connectivity index is 1.98. The number of nitrogens with zero attached hydrogens (tertiary/aromatic N) is 3. The van der Waals surface area contributed by atoms with E-state index in [0.717, 1.165) is 40.7 Å². The third-order valence-electron chi connectivity index (χ3n) is 4.89. The highest BCUT2D eigenvalue weighted by molar-refractivity contribution is 7.89. The van der Waals surface area contributed by atoms with Gasteiger partial charge in [-0.15, -0.1) is 0 Å². The van der Waals surface area contributed by atoms with E-state index in [1.807, 2.05) is 0 Å². The fraction of sp³-hybridized carbons (Fsp3) is 0.350. The van der Waals surface area contributed by atoms with Gasteiger partial charge in [-0.1, -0.05) is 0 Å². The van der Waals surface area contributed by atoms with Gasteiger partial charge in [0.05, 0.1) is 29.5 Å². The first kappa shape index (κ1) is 27.1. The van der Waals surface area contributed by atoms with Crippen molar-refractivity contribution in [2.75, 3.05) is 31.7 Å². The summed E-state index contributed by atoms with van der Waals surface area (Å²) in [5.74, 6) is -0.949. The largest absolute Gasteiger partial charge is 0.435 e. The summed E-state index contributed by atoms with van der Waals surface area (Å²) < 4.78 is 91.9. The lowest BCUT2D eigenvalue weighted by atomic mass is 10.1. The Bertz CT molecular complexity index is 1240. The van der Waals surface area contributed by atoms with Crippen molar-refractivity contribution in [3.8, 4) is 11.5 Å². The molecule has 0 bridgehead atoms. The summed E-state index contributed by atoms with van der Waals surface area (Å²) in [5, 5.41) is 15.2. The first-order valence-electron chi connectivity index (χ1n) is 10.2. The van der Waals surface area contributed by atoms with Crippen LogP contribution in [0.25, 0.3) is 0 Å². The molecule has 0 unspecified atom stereocenters. The fourth-order valence-corrected chi connectivity index (χ4v) is 4.80. The second-order valence-electron chi connectivity index (χ2n) is 7.18. The fourth-order valence-electron chi connectivity index (χ4n) is 3.23. The molecule has 0 amide bonds. The van der Waals surface area contributed by atoms with Crippen LogP contribution in [0.3, 0.4) is 0 Å². The number of benzene rings is 2. The number of nitrogens with one attached hydrogen (secondary N) is 1. The predicted octanol–water partition coefficient (Wildman–Crippen LogP) is 3.65. The molecular weight excluding hydrogens is 516 g/mol. The van der Waals surface area contributed by atoms with E-state index in [2.05, 4.69) is 20.0 Å². The Morgan fingerprint density at radius 1 is 1.11 bits per heavy atom. The number of halogens is 4. The zero-order valence-electron chi connectivity index (χ0n) is 18.6.